The lowest BCUT2D eigenvalue weighted by Crippen LogP contribution is -2.69. The highest BCUT2D eigenvalue weighted by Crippen LogP contribution is 2.57. The molecule has 4 bridgehead atoms. The Hall–Kier alpha value is -2.01. The van der Waals surface area contributed by atoms with Gasteiger partial charge in [0.2, 0.25) is 0 Å². The SMILES string of the molecule is CCC1C2N3CCc4c([nH]c5ccc(OC)cc45)[C@]2(C(=O)OC)C[C@@H](C3)[C@@H]1C. The second-order valence-electron chi connectivity index (χ2n) is 8.94. The Morgan fingerprint density at radius 2 is 2.18 bits per heavy atom. The molecule has 4 heterocycles. The van der Waals surface area contributed by atoms with Crippen molar-refractivity contribution in [1.29, 1.82) is 0 Å². The quantitative estimate of drug-likeness (QED) is 0.826. The first-order chi connectivity index (χ1) is 13.5. The third kappa shape index (κ3) is 2.14. The predicted molar refractivity (Wildman–Crippen MR) is 109 cm³/mol. The topological polar surface area (TPSA) is 54.6 Å². The first kappa shape index (κ1) is 18.0. The lowest BCUT2D eigenvalue weighted by Gasteiger charge is -2.60. The molecule has 3 unspecified atom stereocenters. The average molecular weight is 383 g/mol. The van der Waals surface area contributed by atoms with E-state index in [1.165, 1.54) is 10.9 Å². The van der Waals surface area contributed by atoms with Crippen molar-refractivity contribution in [1.82, 2.24) is 9.88 Å². The summed E-state index contributed by atoms with van der Waals surface area (Å²) in [6.07, 6.45) is 2.94. The summed E-state index contributed by atoms with van der Waals surface area (Å²) in [6, 6.07) is 6.38. The fourth-order valence-electron chi connectivity index (χ4n) is 6.76. The van der Waals surface area contributed by atoms with Crippen LogP contribution in [0.25, 0.3) is 10.9 Å². The van der Waals surface area contributed by atoms with Crippen molar-refractivity contribution in [2.45, 2.75) is 44.6 Å². The van der Waals surface area contributed by atoms with Gasteiger partial charge in [0.1, 0.15) is 11.2 Å². The molecule has 3 fully saturated rings. The van der Waals surface area contributed by atoms with Crippen molar-refractivity contribution in [3.63, 3.8) is 0 Å². The molecule has 0 radical (unpaired) electrons. The summed E-state index contributed by atoms with van der Waals surface area (Å²) >= 11 is 0. The Morgan fingerprint density at radius 3 is 2.89 bits per heavy atom. The Balaban J connectivity index is 1.79. The number of hydrogen-bond acceptors (Lipinski definition) is 4. The molecule has 5 nitrogen and oxygen atoms in total. The molecule has 3 aliphatic heterocycles. The van der Waals surface area contributed by atoms with Crippen molar-refractivity contribution < 1.29 is 14.3 Å². The zero-order valence-electron chi connectivity index (χ0n) is 17.2. The molecule has 1 aliphatic carbocycles. The van der Waals surface area contributed by atoms with Crippen LogP contribution in [0.5, 0.6) is 5.75 Å². The summed E-state index contributed by atoms with van der Waals surface area (Å²) in [5, 5.41) is 1.18. The number of nitrogens with zero attached hydrogens (tertiary/aromatic N) is 1. The number of rotatable bonds is 3. The van der Waals surface area contributed by atoms with E-state index in [9.17, 15) is 4.79 Å². The summed E-state index contributed by atoms with van der Waals surface area (Å²) in [4.78, 5) is 19.8. The Labute approximate surface area is 166 Å². The minimum atomic E-state index is -0.594. The molecule has 0 amide bonds. The minimum Gasteiger partial charge on any atom is -0.497 e. The third-order valence-corrected chi connectivity index (χ3v) is 8.01. The molecular weight excluding hydrogens is 352 g/mol. The number of esters is 1. The Kier molecular flexibility index (Phi) is 4.02. The maximum atomic E-state index is 13.5. The molecule has 6 rings (SSSR count). The van der Waals surface area contributed by atoms with E-state index in [2.05, 4.69) is 35.9 Å². The maximum Gasteiger partial charge on any atom is 0.319 e. The van der Waals surface area contributed by atoms with E-state index in [0.717, 1.165) is 49.3 Å². The number of aromatic nitrogens is 1. The number of methoxy groups -OCH3 is 2. The van der Waals surface area contributed by atoms with E-state index in [4.69, 9.17) is 9.47 Å². The third-order valence-electron chi connectivity index (χ3n) is 8.01. The van der Waals surface area contributed by atoms with E-state index in [1.807, 2.05) is 6.07 Å². The van der Waals surface area contributed by atoms with Gasteiger partial charge in [0.25, 0.3) is 0 Å². The second-order valence-corrected chi connectivity index (χ2v) is 8.94. The van der Waals surface area contributed by atoms with Crippen LogP contribution in [0.1, 0.15) is 37.9 Å². The van der Waals surface area contributed by atoms with Crippen LogP contribution < -0.4 is 4.74 Å². The zero-order valence-corrected chi connectivity index (χ0v) is 17.2. The highest BCUT2D eigenvalue weighted by molar-refractivity contribution is 5.92. The second kappa shape index (κ2) is 6.24. The largest absolute Gasteiger partial charge is 0.497 e. The predicted octanol–water partition coefficient (Wildman–Crippen LogP) is 3.51. The van der Waals surface area contributed by atoms with Crippen LogP contribution in [0.4, 0.5) is 0 Å². The number of carbonyl (C=O) groups is 1. The lowest BCUT2D eigenvalue weighted by molar-refractivity contribution is -0.167. The van der Waals surface area contributed by atoms with E-state index in [-0.39, 0.29) is 12.0 Å². The van der Waals surface area contributed by atoms with E-state index in [0.29, 0.717) is 17.8 Å². The van der Waals surface area contributed by atoms with Gasteiger partial charge < -0.3 is 14.5 Å². The van der Waals surface area contributed by atoms with E-state index in [1.54, 1.807) is 14.2 Å². The van der Waals surface area contributed by atoms with Gasteiger partial charge in [0, 0.05) is 35.7 Å². The molecule has 0 spiro atoms. The number of nitrogens with one attached hydrogen (secondary N) is 1. The van der Waals surface area contributed by atoms with Crippen LogP contribution in [-0.4, -0.2) is 49.2 Å². The number of ether oxygens (including phenoxy) is 2. The molecule has 6 atom stereocenters. The van der Waals surface area contributed by atoms with Crippen molar-refractivity contribution in [2.75, 3.05) is 27.3 Å². The van der Waals surface area contributed by atoms with Gasteiger partial charge in [-0.25, -0.2) is 0 Å². The molecule has 1 aromatic carbocycles. The number of fused-ring (bicyclic) bond motifs is 4. The fourth-order valence-corrected chi connectivity index (χ4v) is 6.76. The minimum absolute atomic E-state index is 0.0702. The van der Waals surface area contributed by atoms with Gasteiger partial charge >= 0.3 is 5.97 Å². The van der Waals surface area contributed by atoms with Crippen LogP contribution in [0, 0.1) is 17.8 Å². The average Bonchev–Trinajstić information content (AvgIpc) is 3.06. The van der Waals surface area contributed by atoms with Crippen LogP contribution in [0.3, 0.4) is 0 Å². The number of hydrogen-bond donors (Lipinski definition) is 1. The normalized spacial score (nSPS) is 36.1. The molecular formula is C23H30N2O3. The lowest BCUT2D eigenvalue weighted by atomic mass is 9.53. The molecule has 1 aromatic heterocycles. The summed E-state index contributed by atoms with van der Waals surface area (Å²) < 4.78 is 11.0. The van der Waals surface area contributed by atoms with Crippen LogP contribution >= 0.6 is 0 Å². The molecule has 2 saturated heterocycles. The Bertz CT molecular complexity index is 935. The Morgan fingerprint density at radius 1 is 1.36 bits per heavy atom. The van der Waals surface area contributed by atoms with Crippen molar-refractivity contribution in [3.8, 4) is 5.75 Å². The van der Waals surface area contributed by atoms with E-state index < -0.39 is 5.41 Å². The van der Waals surface area contributed by atoms with Gasteiger partial charge in [-0.3, -0.25) is 9.69 Å². The fraction of sp³-hybridized carbons (Fsp3) is 0.609. The number of carbonyl (C=O) groups excluding carboxylic acids is 1. The standard InChI is InChI=1S/C23H30N2O3/c1-5-16-13(2)14-11-23(22(26)28-4)20-17(8-9-25(12-14)21(16)23)18-10-15(27-3)6-7-19(18)24-20/h6-7,10,13-14,16,21,24H,5,8-9,11-12H2,1-4H3/t13-,14-,16?,21?,23+/m0/s1. The number of benzene rings is 1. The summed E-state index contributed by atoms with van der Waals surface area (Å²) in [6.45, 7) is 6.77. The molecule has 2 aromatic rings. The highest BCUT2D eigenvalue weighted by Gasteiger charge is 2.64. The van der Waals surface area contributed by atoms with Crippen molar-refractivity contribution in [3.05, 3.63) is 29.5 Å². The first-order valence-electron chi connectivity index (χ1n) is 10.6. The van der Waals surface area contributed by atoms with Crippen molar-refractivity contribution >= 4 is 16.9 Å². The molecule has 5 heteroatoms. The first-order valence-corrected chi connectivity index (χ1v) is 10.6. The van der Waals surface area contributed by atoms with Crippen molar-refractivity contribution in [2.24, 2.45) is 17.8 Å². The highest BCUT2D eigenvalue weighted by atomic mass is 16.5. The number of piperidine rings is 2. The van der Waals surface area contributed by atoms with Gasteiger partial charge in [-0.2, -0.15) is 0 Å². The van der Waals surface area contributed by atoms with Crippen LogP contribution in [0.2, 0.25) is 0 Å². The smallest absolute Gasteiger partial charge is 0.319 e. The number of H-pyrrole nitrogens is 1. The monoisotopic (exact) mass is 382 g/mol. The molecule has 1 N–H and O–H groups in total. The summed E-state index contributed by atoms with van der Waals surface area (Å²) in [5.74, 6) is 2.48. The summed E-state index contributed by atoms with van der Waals surface area (Å²) in [5.41, 5.74) is 2.87. The molecule has 1 saturated carbocycles. The number of aromatic amines is 1. The van der Waals surface area contributed by atoms with Crippen LogP contribution in [0.15, 0.2) is 18.2 Å². The summed E-state index contributed by atoms with van der Waals surface area (Å²) in [7, 11) is 3.25. The molecule has 4 aliphatic rings. The zero-order chi connectivity index (χ0) is 19.6. The van der Waals surface area contributed by atoms with Gasteiger partial charge in [-0.1, -0.05) is 20.3 Å². The molecule has 150 valence electrons. The maximum absolute atomic E-state index is 13.5. The van der Waals surface area contributed by atoms with Gasteiger partial charge in [0.05, 0.1) is 14.2 Å². The van der Waals surface area contributed by atoms with E-state index >= 15 is 0 Å². The van der Waals surface area contributed by atoms with Gasteiger partial charge in [-0.05, 0) is 54.4 Å². The van der Waals surface area contributed by atoms with Crippen LogP contribution in [-0.2, 0) is 21.4 Å². The van der Waals surface area contributed by atoms with Gasteiger partial charge in [0.15, 0.2) is 0 Å². The molecule has 28 heavy (non-hydrogen) atoms. The van der Waals surface area contributed by atoms with Gasteiger partial charge in [-0.15, -0.1) is 0 Å².